The number of aryl methyl sites for hydroxylation is 1. The maximum atomic E-state index is 12.2. The molecule has 0 aliphatic rings. The average molecular weight is 220 g/mol. The Kier molecular flexibility index (Phi) is 3.93. The maximum absolute atomic E-state index is 12.2. The van der Waals surface area contributed by atoms with Gasteiger partial charge in [0.1, 0.15) is 0 Å². The predicted octanol–water partition coefficient (Wildman–Crippen LogP) is 2.45. The van der Waals surface area contributed by atoms with Crippen LogP contribution in [-0.4, -0.2) is 23.4 Å². The smallest absolute Gasteiger partial charge is 0.254 e. The van der Waals surface area contributed by atoms with E-state index in [1.807, 2.05) is 44.7 Å². The van der Waals surface area contributed by atoms with E-state index in [1.165, 1.54) is 0 Å². The van der Waals surface area contributed by atoms with E-state index in [1.54, 1.807) is 6.07 Å². The van der Waals surface area contributed by atoms with Crippen LogP contribution in [0.3, 0.4) is 0 Å². The lowest BCUT2D eigenvalue weighted by molar-refractivity contribution is 0.0717. The molecule has 1 rings (SSSR count). The minimum Gasteiger partial charge on any atom is -0.399 e. The number of amides is 1. The number of anilines is 1. The highest BCUT2D eigenvalue weighted by molar-refractivity contribution is 5.95. The van der Waals surface area contributed by atoms with Gasteiger partial charge in [-0.25, -0.2) is 0 Å². The van der Waals surface area contributed by atoms with Crippen LogP contribution in [0.15, 0.2) is 18.2 Å². The second-order valence-corrected chi connectivity index (χ2v) is 4.32. The lowest BCUT2D eigenvalue weighted by Gasteiger charge is -2.25. The van der Waals surface area contributed by atoms with Crippen molar-refractivity contribution in [3.05, 3.63) is 29.3 Å². The first-order valence-corrected chi connectivity index (χ1v) is 5.63. The molecule has 0 aromatic heterocycles. The zero-order valence-electron chi connectivity index (χ0n) is 10.4. The molecule has 0 heterocycles. The minimum atomic E-state index is 0.0490. The highest BCUT2D eigenvalue weighted by Crippen LogP contribution is 2.14. The van der Waals surface area contributed by atoms with Crippen molar-refractivity contribution in [2.45, 2.75) is 33.7 Å². The Morgan fingerprint density at radius 1 is 1.38 bits per heavy atom. The van der Waals surface area contributed by atoms with Crippen LogP contribution in [0.2, 0.25) is 0 Å². The van der Waals surface area contributed by atoms with Crippen LogP contribution in [0.4, 0.5) is 5.69 Å². The number of nitrogens with zero attached hydrogens (tertiary/aromatic N) is 1. The molecule has 0 aliphatic heterocycles. The number of nitrogen functional groups attached to an aromatic ring is 1. The molecule has 0 unspecified atom stereocenters. The van der Waals surface area contributed by atoms with Gasteiger partial charge >= 0.3 is 0 Å². The number of hydrogen-bond acceptors (Lipinski definition) is 2. The van der Waals surface area contributed by atoms with E-state index in [2.05, 4.69) is 0 Å². The Morgan fingerprint density at radius 2 is 2.00 bits per heavy atom. The van der Waals surface area contributed by atoms with E-state index in [0.717, 1.165) is 5.56 Å². The van der Waals surface area contributed by atoms with Crippen LogP contribution >= 0.6 is 0 Å². The molecule has 0 aliphatic carbocycles. The van der Waals surface area contributed by atoms with E-state index < -0.39 is 0 Å². The first-order chi connectivity index (χ1) is 7.45. The van der Waals surface area contributed by atoms with Gasteiger partial charge < -0.3 is 10.6 Å². The average Bonchev–Trinajstić information content (AvgIpc) is 2.16. The van der Waals surface area contributed by atoms with Crippen LogP contribution < -0.4 is 5.73 Å². The van der Waals surface area contributed by atoms with Crippen LogP contribution in [0.1, 0.15) is 36.7 Å². The summed E-state index contributed by atoms with van der Waals surface area (Å²) in [6, 6.07) is 5.69. The molecule has 1 amide bonds. The number of benzene rings is 1. The Morgan fingerprint density at radius 3 is 2.44 bits per heavy atom. The number of rotatable bonds is 3. The maximum Gasteiger partial charge on any atom is 0.254 e. The van der Waals surface area contributed by atoms with Crippen LogP contribution in [0.5, 0.6) is 0 Å². The standard InChI is InChI=1S/C13H20N2O/c1-5-15(9(2)3)13(16)11-6-10(4)7-12(14)8-11/h6-9H,5,14H2,1-4H3. The molecule has 3 heteroatoms. The fourth-order valence-corrected chi connectivity index (χ4v) is 1.85. The zero-order valence-corrected chi connectivity index (χ0v) is 10.4. The lowest BCUT2D eigenvalue weighted by Crippen LogP contribution is -2.36. The molecule has 16 heavy (non-hydrogen) atoms. The van der Waals surface area contributed by atoms with Gasteiger partial charge in [0, 0.05) is 23.8 Å². The Hall–Kier alpha value is -1.51. The molecule has 0 spiro atoms. The first kappa shape index (κ1) is 12.6. The molecule has 0 saturated heterocycles. The topological polar surface area (TPSA) is 46.3 Å². The quantitative estimate of drug-likeness (QED) is 0.795. The van der Waals surface area contributed by atoms with E-state index in [9.17, 15) is 4.79 Å². The zero-order chi connectivity index (χ0) is 12.3. The third-order valence-corrected chi connectivity index (χ3v) is 2.57. The SMILES string of the molecule is CCN(C(=O)c1cc(C)cc(N)c1)C(C)C. The fourth-order valence-electron chi connectivity index (χ4n) is 1.85. The molecule has 0 radical (unpaired) electrons. The molecule has 2 N–H and O–H groups in total. The van der Waals surface area contributed by atoms with Crippen molar-refractivity contribution in [3.63, 3.8) is 0 Å². The molecule has 0 saturated carbocycles. The van der Waals surface area contributed by atoms with Gasteiger partial charge in [-0.15, -0.1) is 0 Å². The number of hydrogen-bond donors (Lipinski definition) is 1. The first-order valence-electron chi connectivity index (χ1n) is 5.63. The third kappa shape index (κ3) is 2.75. The minimum absolute atomic E-state index is 0.0490. The molecular weight excluding hydrogens is 200 g/mol. The summed E-state index contributed by atoms with van der Waals surface area (Å²) in [5, 5.41) is 0. The molecule has 0 fully saturated rings. The third-order valence-electron chi connectivity index (χ3n) is 2.57. The van der Waals surface area contributed by atoms with Crippen molar-refractivity contribution in [1.29, 1.82) is 0 Å². The molecule has 1 aromatic carbocycles. The van der Waals surface area contributed by atoms with Gasteiger partial charge in [0.05, 0.1) is 0 Å². The highest BCUT2D eigenvalue weighted by atomic mass is 16.2. The lowest BCUT2D eigenvalue weighted by atomic mass is 10.1. The Bertz CT molecular complexity index is 365. The monoisotopic (exact) mass is 220 g/mol. The Balaban J connectivity index is 3.03. The second kappa shape index (κ2) is 5.01. The summed E-state index contributed by atoms with van der Waals surface area (Å²) in [5.41, 5.74) is 8.08. The normalized spacial score (nSPS) is 10.6. The van der Waals surface area contributed by atoms with Crippen LogP contribution in [0, 0.1) is 6.92 Å². The molecule has 0 atom stereocenters. The summed E-state index contributed by atoms with van der Waals surface area (Å²) >= 11 is 0. The van der Waals surface area contributed by atoms with Gasteiger partial charge in [0.2, 0.25) is 0 Å². The largest absolute Gasteiger partial charge is 0.399 e. The summed E-state index contributed by atoms with van der Waals surface area (Å²) in [4.78, 5) is 14.0. The number of carbonyl (C=O) groups excluding carboxylic acids is 1. The van der Waals surface area contributed by atoms with E-state index >= 15 is 0 Å². The van der Waals surface area contributed by atoms with E-state index in [-0.39, 0.29) is 11.9 Å². The summed E-state index contributed by atoms with van der Waals surface area (Å²) < 4.78 is 0. The molecule has 88 valence electrons. The van der Waals surface area contributed by atoms with Crippen molar-refractivity contribution in [2.24, 2.45) is 0 Å². The number of carbonyl (C=O) groups is 1. The van der Waals surface area contributed by atoms with Crippen LogP contribution in [-0.2, 0) is 0 Å². The van der Waals surface area contributed by atoms with Gasteiger partial charge in [-0.1, -0.05) is 0 Å². The molecule has 1 aromatic rings. The molecule has 3 nitrogen and oxygen atoms in total. The van der Waals surface area contributed by atoms with Gasteiger partial charge in [-0.05, 0) is 51.5 Å². The van der Waals surface area contributed by atoms with Gasteiger partial charge in [0.15, 0.2) is 0 Å². The van der Waals surface area contributed by atoms with Gasteiger partial charge in [0.25, 0.3) is 5.91 Å². The van der Waals surface area contributed by atoms with E-state index in [4.69, 9.17) is 5.73 Å². The summed E-state index contributed by atoms with van der Waals surface area (Å²) in [5.74, 6) is 0.0490. The molecular formula is C13H20N2O. The van der Waals surface area contributed by atoms with Gasteiger partial charge in [-0.2, -0.15) is 0 Å². The summed E-state index contributed by atoms with van der Waals surface area (Å²) in [6.45, 7) is 8.67. The summed E-state index contributed by atoms with van der Waals surface area (Å²) in [6.07, 6.45) is 0. The Labute approximate surface area is 97.2 Å². The summed E-state index contributed by atoms with van der Waals surface area (Å²) in [7, 11) is 0. The number of nitrogens with two attached hydrogens (primary N) is 1. The fraction of sp³-hybridized carbons (Fsp3) is 0.462. The molecule has 0 bridgehead atoms. The van der Waals surface area contributed by atoms with Crippen LogP contribution in [0.25, 0.3) is 0 Å². The van der Waals surface area contributed by atoms with Crippen molar-refractivity contribution in [2.75, 3.05) is 12.3 Å². The highest BCUT2D eigenvalue weighted by Gasteiger charge is 2.17. The van der Waals surface area contributed by atoms with Crippen molar-refractivity contribution >= 4 is 11.6 Å². The predicted molar refractivity (Wildman–Crippen MR) is 67.4 cm³/mol. The van der Waals surface area contributed by atoms with Crippen molar-refractivity contribution < 1.29 is 4.79 Å². The van der Waals surface area contributed by atoms with E-state index in [0.29, 0.717) is 17.8 Å². The van der Waals surface area contributed by atoms with Crippen molar-refractivity contribution in [3.8, 4) is 0 Å². The second-order valence-electron chi connectivity index (χ2n) is 4.32. The van der Waals surface area contributed by atoms with Gasteiger partial charge in [-0.3, -0.25) is 4.79 Å². The van der Waals surface area contributed by atoms with Crippen molar-refractivity contribution in [1.82, 2.24) is 4.90 Å².